The largest absolute Gasteiger partial charge is 0.384 e. The van der Waals surface area contributed by atoms with Crippen LogP contribution in [0.25, 0.3) is 10.8 Å². The van der Waals surface area contributed by atoms with E-state index in [1.165, 1.54) is 10.9 Å². The van der Waals surface area contributed by atoms with Gasteiger partial charge in [0, 0.05) is 5.56 Å². The van der Waals surface area contributed by atoms with Gasteiger partial charge in [-0.3, -0.25) is 5.41 Å². The summed E-state index contributed by atoms with van der Waals surface area (Å²) in [6.07, 6.45) is 0. The van der Waals surface area contributed by atoms with Crippen LogP contribution in [0.2, 0.25) is 0 Å². The van der Waals surface area contributed by atoms with E-state index in [2.05, 4.69) is 25.1 Å². The molecule has 0 aliphatic carbocycles. The van der Waals surface area contributed by atoms with Gasteiger partial charge in [-0.15, -0.1) is 0 Å². The molecule has 2 rings (SSSR count). The van der Waals surface area contributed by atoms with E-state index in [0.29, 0.717) is 0 Å². The van der Waals surface area contributed by atoms with Gasteiger partial charge in [0.2, 0.25) is 0 Å². The van der Waals surface area contributed by atoms with Crippen molar-refractivity contribution in [1.82, 2.24) is 0 Å². The number of hydrogen-bond acceptors (Lipinski definition) is 1. The summed E-state index contributed by atoms with van der Waals surface area (Å²) >= 11 is 0. The van der Waals surface area contributed by atoms with Crippen LogP contribution in [0.4, 0.5) is 0 Å². The Labute approximate surface area is 96.6 Å². The van der Waals surface area contributed by atoms with E-state index in [1.54, 1.807) is 0 Å². The van der Waals surface area contributed by atoms with Crippen molar-refractivity contribution >= 4 is 16.6 Å². The molecule has 0 spiro atoms. The van der Waals surface area contributed by atoms with Crippen LogP contribution in [0.3, 0.4) is 0 Å². The summed E-state index contributed by atoms with van der Waals surface area (Å²) in [7, 11) is 0. The molecule has 0 radical (unpaired) electrons. The molecule has 0 amide bonds. The number of benzene rings is 2. The first-order chi connectivity index (χ1) is 7.66. The zero-order chi connectivity index (χ0) is 12.1. The van der Waals surface area contributed by atoms with Gasteiger partial charge in [-0.05, 0) is 23.8 Å². The molecule has 2 aromatic rings. The monoisotopic (exact) mass is 214 g/mol. The van der Waals surface area contributed by atoms with Crippen molar-refractivity contribution in [2.24, 2.45) is 5.73 Å². The Morgan fingerprint density at radius 2 is 1.56 bits per heavy atom. The zero-order valence-corrected chi connectivity index (χ0v) is 10.0. The van der Waals surface area contributed by atoms with Crippen molar-refractivity contribution in [3.63, 3.8) is 0 Å². The molecule has 2 nitrogen and oxygen atoms in total. The molecule has 0 heterocycles. The number of fused-ring (bicyclic) bond motifs is 1. The van der Waals surface area contributed by atoms with Crippen molar-refractivity contribution in [3.8, 4) is 0 Å². The van der Waals surface area contributed by atoms with Crippen molar-refractivity contribution < 1.29 is 0 Å². The number of hydrogen-bond donors (Lipinski definition) is 2. The van der Waals surface area contributed by atoms with Gasteiger partial charge in [0.05, 0.1) is 0 Å². The Kier molecular flexibility index (Phi) is 4.06. The second kappa shape index (κ2) is 5.31. The minimum Gasteiger partial charge on any atom is -0.384 e. The highest BCUT2D eigenvalue weighted by molar-refractivity contribution is 5.99. The summed E-state index contributed by atoms with van der Waals surface area (Å²) in [6.45, 7) is 6.07. The molecule has 84 valence electrons. The molecule has 3 N–H and O–H groups in total. The molecule has 0 atom stereocenters. The fourth-order valence-corrected chi connectivity index (χ4v) is 1.53. The number of nitrogens with one attached hydrogen (secondary N) is 1. The molecule has 0 bridgehead atoms. The van der Waals surface area contributed by atoms with Crippen molar-refractivity contribution in [1.29, 1.82) is 5.41 Å². The van der Waals surface area contributed by atoms with Gasteiger partial charge < -0.3 is 5.73 Å². The minimum atomic E-state index is 0.118. The molecule has 0 unspecified atom stereocenters. The van der Waals surface area contributed by atoms with E-state index < -0.39 is 0 Å². The lowest BCUT2D eigenvalue weighted by atomic mass is 10.0. The van der Waals surface area contributed by atoms with E-state index in [0.717, 1.165) is 10.9 Å². The van der Waals surface area contributed by atoms with Crippen LogP contribution in [0, 0.1) is 12.3 Å². The van der Waals surface area contributed by atoms with Crippen LogP contribution in [-0.2, 0) is 0 Å². The summed E-state index contributed by atoms with van der Waals surface area (Å²) in [5, 5.41) is 9.65. The summed E-state index contributed by atoms with van der Waals surface area (Å²) in [6, 6.07) is 12.1. The number of aryl methyl sites for hydroxylation is 1. The Hall–Kier alpha value is -1.83. The molecular weight excluding hydrogens is 196 g/mol. The van der Waals surface area contributed by atoms with Crippen LogP contribution in [-0.4, -0.2) is 5.84 Å². The van der Waals surface area contributed by atoms with Gasteiger partial charge in [-0.25, -0.2) is 0 Å². The SMILES string of the molecule is CC.Cc1ccc2cc(C(=N)N)ccc2c1. The Bertz CT molecular complexity index is 501. The smallest absolute Gasteiger partial charge is 0.122 e. The maximum Gasteiger partial charge on any atom is 0.122 e. The Morgan fingerprint density at radius 3 is 2.19 bits per heavy atom. The highest BCUT2D eigenvalue weighted by atomic mass is 14.7. The van der Waals surface area contributed by atoms with Crippen LogP contribution < -0.4 is 5.73 Å². The van der Waals surface area contributed by atoms with Crippen molar-refractivity contribution in [3.05, 3.63) is 47.5 Å². The number of amidine groups is 1. The van der Waals surface area contributed by atoms with E-state index >= 15 is 0 Å². The molecule has 0 aliphatic heterocycles. The molecule has 0 aromatic heterocycles. The normalized spacial score (nSPS) is 9.44. The average Bonchev–Trinajstić information content (AvgIpc) is 2.30. The molecule has 16 heavy (non-hydrogen) atoms. The molecule has 0 aliphatic rings. The van der Waals surface area contributed by atoms with Crippen LogP contribution in [0.15, 0.2) is 36.4 Å². The first kappa shape index (κ1) is 12.2. The Morgan fingerprint density at radius 1 is 1.00 bits per heavy atom. The zero-order valence-electron chi connectivity index (χ0n) is 10.0. The quantitative estimate of drug-likeness (QED) is 0.554. The third-order valence-electron chi connectivity index (χ3n) is 2.31. The molecule has 2 heteroatoms. The summed E-state index contributed by atoms with van der Waals surface area (Å²) in [4.78, 5) is 0. The first-order valence-corrected chi connectivity index (χ1v) is 5.51. The average molecular weight is 214 g/mol. The van der Waals surface area contributed by atoms with Gasteiger partial charge in [-0.2, -0.15) is 0 Å². The lowest BCUT2D eigenvalue weighted by Crippen LogP contribution is -2.10. The lowest BCUT2D eigenvalue weighted by molar-refractivity contribution is 1.43. The predicted octanol–water partition coefficient (Wildman–Crippen LogP) is 3.46. The van der Waals surface area contributed by atoms with Crippen molar-refractivity contribution in [2.75, 3.05) is 0 Å². The van der Waals surface area contributed by atoms with Gasteiger partial charge in [0.1, 0.15) is 5.84 Å². The maximum atomic E-state index is 7.33. The predicted molar refractivity (Wildman–Crippen MR) is 71.0 cm³/mol. The van der Waals surface area contributed by atoms with Crippen LogP contribution in [0.5, 0.6) is 0 Å². The Balaban J connectivity index is 0.000000606. The third kappa shape index (κ3) is 2.60. The summed E-state index contributed by atoms with van der Waals surface area (Å²) in [5.74, 6) is 0.118. The van der Waals surface area contributed by atoms with Gasteiger partial charge in [0.25, 0.3) is 0 Å². The molecule has 2 aromatic carbocycles. The maximum absolute atomic E-state index is 7.33. The fraction of sp³-hybridized carbons (Fsp3) is 0.214. The summed E-state index contributed by atoms with van der Waals surface area (Å²) in [5.41, 5.74) is 7.44. The molecule has 0 fully saturated rings. The third-order valence-corrected chi connectivity index (χ3v) is 2.31. The highest BCUT2D eigenvalue weighted by Gasteiger charge is 1.98. The second-order valence-corrected chi connectivity index (χ2v) is 3.48. The molecule has 0 saturated carbocycles. The second-order valence-electron chi connectivity index (χ2n) is 3.48. The van der Waals surface area contributed by atoms with Gasteiger partial charge in [0.15, 0.2) is 0 Å². The highest BCUT2D eigenvalue weighted by Crippen LogP contribution is 2.17. The van der Waals surface area contributed by atoms with Crippen molar-refractivity contribution in [2.45, 2.75) is 20.8 Å². The fourth-order valence-electron chi connectivity index (χ4n) is 1.53. The molecule has 0 saturated heterocycles. The standard InChI is InChI=1S/C12H12N2.C2H6/c1-8-2-3-10-7-11(12(13)14)5-4-9(10)6-8;1-2/h2-7H,1H3,(H3,13,14);1-2H3. The van der Waals surface area contributed by atoms with E-state index in [1.807, 2.05) is 32.0 Å². The molecular formula is C14H18N2. The van der Waals surface area contributed by atoms with E-state index in [-0.39, 0.29) is 5.84 Å². The minimum absolute atomic E-state index is 0.118. The lowest BCUT2D eigenvalue weighted by Gasteiger charge is -2.02. The summed E-state index contributed by atoms with van der Waals surface area (Å²) < 4.78 is 0. The topological polar surface area (TPSA) is 49.9 Å². The van der Waals surface area contributed by atoms with E-state index in [9.17, 15) is 0 Å². The number of nitrogen functional groups attached to an aromatic ring is 1. The number of rotatable bonds is 1. The van der Waals surface area contributed by atoms with E-state index in [4.69, 9.17) is 11.1 Å². The number of nitrogens with two attached hydrogens (primary N) is 1. The van der Waals surface area contributed by atoms with Crippen LogP contribution in [0.1, 0.15) is 25.0 Å². The van der Waals surface area contributed by atoms with Crippen LogP contribution >= 0.6 is 0 Å². The van der Waals surface area contributed by atoms with Gasteiger partial charge >= 0.3 is 0 Å². The van der Waals surface area contributed by atoms with Gasteiger partial charge in [-0.1, -0.05) is 49.7 Å². The first-order valence-electron chi connectivity index (χ1n) is 5.51.